The summed E-state index contributed by atoms with van der Waals surface area (Å²) < 4.78 is 102. The minimum atomic E-state index is -3.26. The third-order valence-electron chi connectivity index (χ3n) is 7.79. The molecule has 1 aromatic heterocycles. The van der Waals surface area contributed by atoms with Crippen LogP contribution in [0.25, 0.3) is 10.9 Å². The van der Waals surface area contributed by atoms with Gasteiger partial charge in [0.2, 0.25) is 0 Å². The molecule has 2 unspecified atom stereocenters. The van der Waals surface area contributed by atoms with E-state index >= 15 is 4.39 Å². The number of aromatic nitrogens is 1. The van der Waals surface area contributed by atoms with E-state index in [4.69, 9.17) is 4.74 Å². The van der Waals surface area contributed by atoms with Crippen LogP contribution in [-0.4, -0.2) is 72.8 Å². The van der Waals surface area contributed by atoms with Crippen molar-refractivity contribution in [3.63, 3.8) is 0 Å². The van der Waals surface area contributed by atoms with Gasteiger partial charge in [0.1, 0.15) is 17.4 Å². The van der Waals surface area contributed by atoms with Gasteiger partial charge in [-0.1, -0.05) is 12.1 Å². The molecule has 218 valence electrons. The molecule has 3 atom stereocenters. The lowest BCUT2D eigenvalue weighted by Gasteiger charge is -2.41. The van der Waals surface area contributed by atoms with E-state index in [-0.39, 0.29) is 28.6 Å². The van der Waals surface area contributed by atoms with Crippen molar-refractivity contribution < 1.29 is 35.5 Å². The lowest BCUT2D eigenvalue weighted by molar-refractivity contribution is -0.0516. The van der Waals surface area contributed by atoms with Gasteiger partial charge in [0.25, 0.3) is 6.43 Å². The van der Waals surface area contributed by atoms with E-state index < -0.39 is 50.0 Å². The fraction of sp³-hybridized carbons (Fsp3) is 0.500. The molecule has 2 aromatic carbocycles. The summed E-state index contributed by atoms with van der Waals surface area (Å²) >= 11 is 0. The molecule has 0 aliphatic carbocycles. The second-order valence-corrected chi connectivity index (χ2v) is 10.4. The van der Waals surface area contributed by atoms with Gasteiger partial charge in [-0.25, -0.2) is 17.6 Å². The second-order valence-electron chi connectivity index (χ2n) is 10.4. The number of nitrogens with zero attached hydrogens (tertiary/aromatic N) is 2. The maximum absolute atomic E-state index is 15.6. The summed E-state index contributed by atoms with van der Waals surface area (Å²) in [6, 6.07) is 4.82. The van der Waals surface area contributed by atoms with Gasteiger partial charge in [0.05, 0.1) is 30.5 Å². The van der Waals surface area contributed by atoms with Crippen LogP contribution in [0.2, 0.25) is 0 Å². The van der Waals surface area contributed by atoms with Crippen molar-refractivity contribution in [2.24, 2.45) is 0 Å². The Hall–Kier alpha value is -2.99. The molecule has 0 bridgehead atoms. The van der Waals surface area contributed by atoms with Crippen LogP contribution >= 0.6 is 0 Å². The predicted octanol–water partition coefficient (Wildman–Crippen LogP) is 6.49. The van der Waals surface area contributed by atoms with Crippen molar-refractivity contribution in [1.29, 1.82) is 0 Å². The summed E-state index contributed by atoms with van der Waals surface area (Å²) in [6.07, 6.45) is -1.43. The van der Waals surface area contributed by atoms with E-state index in [2.05, 4.69) is 10.3 Å². The van der Waals surface area contributed by atoms with Crippen molar-refractivity contribution in [3.05, 3.63) is 58.8 Å². The highest BCUT2D eigenvalue weighted by atomic mass is 19.3. The summed E-state index contributed by atoms with van der Waals surface area (Å²) in [5.41, 5.74) is 1.01. The van der Waals surface area contributed by atoms with Crippen LogP contribution in [0.1, 0.15) is 42.6 Å². The molecule has 1 saturated heterocycles. The third-order valence-corrected chi connectivity index (χ3v) is 7.79. The summed E-state index contributed by atoms with van der Waals surface area (Å²) in [5, 5.41) is 3.59. The van der Waals surface area contributed by atoms with Crippen molar-refractivity contribution in [2.45, 2.75) is 57.3 Å². The molecule has 1 fully saturated rings. The number of nitrogens with one attached hydrogen (secondary N) is 2. The first kappa shape index (κ1) is 28.5. The Bertz CT molecular complexity index is 1330. The molecule has 0 radical (unpaired) electrons. The molecule has 3 aromatic rings. The molecule has 0 saturated carbocycles. The molecule has 2 aliphatic heterocycles. The lowest BCUT2D eigenvalue weighted by atomic mass is 9.88. The molecule has 40 heavy (non-hydrogen) atoms. The van der Waals surface area contributed by atoms with Gasteiger partial charge in [-0.15, -0.1) is 0 Å². The largest absolute Gasteiger partial charge is 0.434 e. The average molecular weight is 573 g/mol. The Morgan fingerprint density at radius 3 is 2.65 bits per heavy atom. The quantitative estimate of drug-likeness (QED) is 0.273. The number of likely N-dealkylation sites (tertiary alicyclic amines) is 1. The Kier molecular flexibility index (Phi) is 8.46. The number of rotatable bonds is 10. The van der Waals surface area contributed by atoms with Crippen LogP contribution in [0, 0.1) is 11.6 Å². The molecule has 5 nitrogen and oxygen atoms in total. The molecule has 3 heterocycles. The average Bonchev–Trinajstić information content (AvgIpc) is 3.50. The van der Waals surface area contributed by atoms with Gasteiger partial charge < -0.3 is 19.9 Å². The predicted molar refractivity (Wildman–Crippen MR) is 138 cm³/mol. The molecular weight excluding hydrogens is 541 g/mol. The highest BCUT2D eigenvalue weighted by molar-refractivity contribution is 5.86. The van der Waals surface area contributed by atoms with E-state index in [0.717, 1.165) is 12.1 Å². The van der Waals surface area contributed by atoms with Crippen molar-refractivity contribution in [1.82, 2.24) is 14.8 Å². The Morgan fingerprint density at radius 1 is 1.12 bits per heavy atom. The number of alkyl halides is 5. The standard InChI is InChI=1S/C28H31F7N4O/c1-15-10-18-17-4-2-5-20(30)25(17)37-26(18)27(39(15)14-24(32)33)19-11-21(31)22(12-23(19)40-28(34)35)36-16-6-9-38(13-16)8-3-7-29/h2,4-5,11-12,15-16,24,27-28,36-37H,3,6-10,13-14H2,1H3/t15-,16?,27?/m1/s1. The first-order valence-electron chi connectivity index (χ1n) is 13.3. The molecule has 0 amide bonds. The molecule has 5 rings (SSSR count). The minimum Gasteiger partial charge on any atom is -0.434 e. The molecule has 12 heteroatoms. The van der Waals surface area contributed by atoms with Gasteiger partial charge in [-0.05, 0) is 43.9 Å². The number of anilines is 1. The van der Waals surface area contributed by atoms with Crippen LogP contribution in [0.5, 0.6) is 5.75 Å². The second kappa shape index (κ2) is 11.9. The van der Waals surface area contributed by atoms with Gasteiger partial charge in [-0.3, -0.25) is 9.29 Å². The van der Waals surface area contributed by atoms with E-state index in [1.165, 1.54) is 17.0 Å². The maximum atomic E-state index is 15.6. The highest BCUT2D eigenvalue weighted by Crippen LogP contribution is 2.45. The van der Waals surface area contributed by atoms with Crippen LogP contribution < -0.4 is 10.1 Å². The first-order chi connectivity index (χ1) is 19.2. The fourth-order valence-corrected chi connectivity index (χ4v) is 6.07. The maximum Gasteiger partial charge on any atom is 0.387 e. The van der Waals surface area contributed by atoms with Crippen LogP contribution in [0.4, 0.5) is 36.4 Å². The first-order valence-corrected chi connectivity index (χ1v) is 13.3. The van der Waals surface area contributed by atoms with Crippen molar-refractivity contribution in [3.8, 4) is 5.75 Å². The van der Waals surface area contributed by atoms with Crippen LogP contribution in [-0.2, 0) is 6.42 Å². The summed E-state index contributed by atoms with van der Waals surface area (Å²) in [7, 11) is 0. The van der Waals surface area contributed by atoms with Gasteiger partial charge in [0.15, 0.2) is 0 Å². The topological polar surface area (TPSA) is 43.5 Å². The van der Waals surface area contributed by atoms with E-state index in [9.17, 15) is 26.3 Å². The van der Waals surface area contributed by atoms with Gasteiger partial charge >= 0.3 is 6.61 Å². The number of H-pyrrole nitrogens is 1. The number of halogens is 7. The SMILES string of the molecule is C[C@@H]1Cc2c([nH]c3c(F)cccc23)C(c2cc(F)c(NC3CCN(CCCF)C3)cc2OC(F)F)N1CC(F)F. The Morgan fingerprint density at radius 2 is 1.93 bits per heavy atom. The number of ether oxygens (including phenoxy) is 1. The van der Waals surface area contributed by atoms with Crippen molar-refractivity contribution >= 4 is 16.6 Å². The summed E-state index contributed by atoms with van der Waals surface area (Å²) in [6.45, 7) is -0.932. The zero-order chi connectivity index (χ0) is 28.6. The zero-order valence-electron chi connectivity index (χ0n) is 21.9. The van der Waals surface area contributed by atoms with Gasteiger partial charge in [-0.2, -0.15) is 8.78 Å². The number of aromatic amines is 1. The van der Waals surface area contributed by atoms with Gasteiger partial charge in [0, 0.05) is 54.4 Å². The normalized spacial score (nSPS) is 22.0. The molecule has 2 N–H and O–H groups in total. The van der Waals surface area contributed by atoms with Crippen LogP contribution in [0.15, 0.2) is 30.3 Å². The smallest absolute Gasteiger partial charge is 0.387 e. The van der Waals surface area contributed by atoms with E-state index in [1.54, 1.807) is 13.0 Å². The molecular formula is C28H31F7N4O. The monoisotopic (exact) mass is 572 g/mol. The number of para-hydroxylation sites is 1. The van der Waals surface area contributed by atoms with Crippen molar-refractivity contribution in [2.75, 3.05) is 38.2 Å². The minimum absolute atomic E-state index is 0.0658. The highest BCUT2D eigenvalue weighted by Gasteiger charge is 2.39. The summed E-state index contributed by atoms with van der Waals surface area (Å²) in [4.78, 5) is 6.41. The number of fused-ring (bicyclic) bond motifs is 3. The number of benzene rings is 2. The summed E-state index contributed by atoms with van der Waals surface area (Å²) in [5.74, 6) is -1.68. The molecule has 0 spiro atoms. The Balaban J connectivity index is 1.57. The fourth-order valence-electron chi connectivity index (χ4n) is 6.07. The van der Waals surface area contributed by atoms with E-state index in [0.29, 0.717) is 55.5 Å². The van der Waals surface area contributed by atoms with Crippen LogP contribution in [0.3, 0.4) is 0 Å². The lowest BCUT2D eigenvalue weighted by Crippen LogP contribution is -2.45. The van der Waals surface area contributed by atoms with E-state index in [1.807, 2.05) is 4.90 Å². The number of hydrogen-bond donors (Lipinski definition) is 2. The zero-order valence-corrected chi connectivity index (χ0v) is 21.9. The molecule has 2 aliphatic rings. The Labute approximate surface area is 227 Å². The number of hydrogen-bond acceptors (Lipinski definition) is 4. The third kappa shape index (κ3) is 5.74.